The fraction of sp³-hybridized carbons (Fsp3) is 0.143. The minimum absolute atomic E-state index is 0.0742. The van der Waals surface area contributed by atoms with E-state index in [-0.39, 0.29) is 6.61 Å². The Morgan fingerprint density at radius 2 is 1.82 bits per heavy atom. The van der Waals surface area contributed by atoms with E-state index in [1.54, 1.807) is 18.2 Å². The van der Waals surface area contributed by atoms with Crippen LogP contribution in [0.3, 0.4) is 0 Å². The van der Waals surface area contributed by atoms with Crippen molar-refractivity contribution < 1.29 is 9.84 Å². The number of nitrogen functional groups attached to an aromatic ring is 1. The third-order valence-electron chi connectivity index (χ3n) is 2.49. The van der Waals surface area contributed by atoms with E-state index in [9.17, 15) is 5.11 Å². The Morgan fingerprint density at radius 3 is 2.53 bits per heavy atom. The number of hydrogen-bond donors (Lipinski definition) is 2. The highest BCUT2D eigenvalue weighted by Gasteiger charge is 2.03. The molecule has 2 aromatic rings. The van der Waals surface area contributed by atoms with Gasteiger partial charge in [0.25, 0.3) is 0 Å². The molecule has 0 aliphatic rings. The van der Waals surface area contributed by atoms with Gasteiger partial charge in [0.2, 0.25) is 0 Å². The van der Waals surface area contributed by atoms with Crippen molar-refractivity contribution in [2.75, 3.05) is 5.73 Å². The van der Waals surface area contributed by atoms with E-state index in [0.29, 0.717) is 23.6 Å². The molecular weight excluding hydrogens is 214 g/mol. The van der Waals surface area contributed by atoms with Crippen LogP contribution in [0.15, 0.2) is 48.5 Å². The van der Waals surface area contributed by atoms with Crippen LogP contribution >= 0.6 is 0 Å². The Bertz CT molecular complexity index is 483. The van der Waals surface area contributed by atoms with Gasteiger partial charge in [-0.1, -0.05) is 30.3 Å². The summed E-state index contributed by atoms with van der Waals surface area (Å²) in [5.41, 5.74) is 8.07. The maximum Gasteiger partial charge on any atom is 0.125 e. The lowest BCUT2D eigenvalue weighted by Gasteiger charge is -2.10. The average molecular weight is 229 g/mol. The molecule has 17 heavy (non-hydrogen) atoms. The van der Waals surface area contributed by atoms with Crippen LogP contribution in [0.2, 0.25) is 0 Å². The maximum absolute atomic E-state index is 9.20. The third kappa shape index (κ3) is 2.98. The van der Waals surface area contributed by atoms with Gasteiger partial charge in [0, 0.05) is 11.3 Å². The molecule has 0 spiro atoms. The number of hydrogen-bond acceptors (Lipinski definition) is 3. The van der Waals surface area contributed by atoms with Crippen molar-refractivity contribution in [1.29, 1.82) is 0 Å². The molecule has 2 rings (SSSR count). The molecule has 3 N–H and O–H groups in total. The zero-order valence-electron chi connectivity index (χ0n) is 9.47. The second-order valence-electron chi connectivity index (χ2n) is 3.80. The van der Waals surface area contributed by atoms with Gasteiger partial charge in [0.05, 0.1) is 6.61 Å². The molecule has 3 heteroatoms. The number of rotatable bonds is 4. The van der Waals surface area contributed by atoms with Crippen LogP contribution in [0.5, 0.6) is 5.75 Å². The van der Waals surface area contributed by atoms with E-state index in [1.807, 2.05) is 30.3 Å². The standard InChI is InChI=1S/C14H15NO2/c15-13-6-7-14(12(8-13)9-16)17-10-11-4-2-1-3-5-11/h1-8,16H,9-10,15H2. The highest BCUT2D eigenvalue weighted by Crippen LogP contribution is 2.22. The monoisotopic (exact) mass is 229 g/mol. The van der Waals surface area contributed by atoms with E-state index in [1.165, 1.54) is 0 Å². The molecule has 0 saturated heterocycles. The van der Waals surface area contributed by atoms with E-state index in [2.05, 4.69) is 0 Å². The molecule has 0 saturated carbocycles. The first-order valence-electron chi connectivity index (χ1n) is 5.45. The molecule has 0 radical (unpaired) electrons. The molecule has 0 aliphatic carbocycles. The van der Waals surface area contributed by atoms with Gasteiger partial charge in [-0.3, -0.25) is 0 Å². The number of ether oxygens (including phenoxy) is 1. The van der Waals surface area contributed by atoms with E-state index >= 15 is 0 Å². The molecule has 2 aromatic carbocycles. The van der Waals surface area contributed by atoms with Gasteiger partial charge in [0.15, 0.2) is 0 Å². The van der Waals surface area contributed by atoms with Crippen molar-refractivity contribution in [3.05, 3.63) is 59.7 Å². The molecule has 0 bridgehead atoms. The first-order valence-corrected chi connectivity index (χ1v) is 5.45. The van der Waals surface area contributed by atoms with Crippen molar-refractivity contribution in [2.45, 2.75) is 13.2 Å². The Balaban J connectivity index is 2.09. The Hall–Kier alpha value is -2.00. The summed E-state index contributed by atoms with van der Waals surface area (Å²) in [5, 5.41) is 9.20. The molecule has 0 heterocycles. The molecule has 0 fully saturated rings. The summed E-state index contributed by atoms with van der Waals surface area (Å²) in [6.07, 6.45) is 0. The first-order chi connectivity index (χ1) is 8.29. The lowest BCUT2D eigenvalue weighted by molar-refractivity contribution is 0.259. The second-order valence-corrected chi connectivity index (χ2v) is 3.80. The molecular formula is C14H15NO2. The molecule has 0 amide bonds. The minimum atomic E-state index is -0.0742. The summed E-state index contributed by atoms with van der Waals surface area (Å²) in [6, 6.07) is 15.2. The predicted octanol–water partition coefficient (Wildman–Crippen LogP) is 2.34. The molecule has 88 valence electrons. The van der Waals surface area contributed by atoms with Crippen LogP contribution < -0.4 is 10.5 Å². The smallest absolute Gasteiger partial charge is 0.125 e. The highest BCUT2D eigenvalue weighted by molar-refractivity contribution is 5.47. The van der Waals surface area contributed by atoms with E-state index in [0.717, 1.165) is 5.56 Å². The average Bonchev–Trinajstić information content (AvgIpc) is 2.38. The van der Waals surface area contributed by atoms with Crippen molar-refractivity contribution in [2.24, 2.45) is 0 Å². The van der Waals surface area contributed by atoms with Gasteiger partial charge >= 0.3 is 0 Å². The molecule has 0 aromatic heterocycles. The van der Waals surface area contributed by atoms with Gasteiger partial charge in [-0.25, -0.2) is 0 Å². The summed E-state index contributed by atoms with van der Waals surface area (Å²) >= 11 is 0. The van der Waals surface area contributed by atoms with Gasteiger partial charge in [-0.05, 0) is 23.8 Å². The fourth-order valence-corrected chi connectivity index (χ4v) is 1.60. The zero-order valence-corrected chi connectivity index (χ0v) is 9.47. The predicted molar refractivity (Wildman–Crippen MR) is 67.6 cm³/mol. The van der Waals surface area contributed by atoms with Crippen molar-refractivity contribution >= 4 is 5.69 Å². The third-order valence-corrected chi connectivity index (χ3v) is 2.49. The van der Waals surface area contributed by atoms with Gasteiger partial charge < -0.3 is 15.6 Å². The summed E-state index contributed by atoms with van der Waals surface area (Å²) in [6.45, 7) is 0.410. The number of nitrogens with two attached hydrogens (primary N) is 1. The normalized spacial score (nSPS) is 10.2. The summed E-state index contributed by atoms with van der Waals surface area (Å²) < 4.78 is 5.65. The quantitative estimate of drug-likeness (QED) is 0.791. The van der Waals surface area contributed by atoms with E-state index in [4.69, 9.17) is 10.5 Å². The van der Waals surface area contributed by atoms with Crippen LogP contribution in [-0.2, 0) is 13.2 Å². The topological polar surface area (TPSA) is 55.5 Å². The van der Waals surface area contributed by atoms with Crippen LogP contribution in [0.25, 0.3) is 0 Å². The van der Waals surface area contributed by atoms with Crippen LogP contribution in [0.4, 0.5) is 5.69 Å². The van der Waals surface area contributed by atoms with Crippen molar-refractivity contribution in [3.8, 4) is 5.75 Å². The summed E-state index contributed by atoms with van der Waals surface area (Å²) in [4.78, 5) is 0. The fourth-order valence-electron chi connectivity index (χ4n) is 1.60. The lowest BCUT2D eigenvalue weighted by Crippen LogP contribution is -1.99. The number of aliphatic hydroxyl groups excluding tert-OH is 1. The van der Waals surface area contributed by atoms with Crippen LogP contribution in [0, 0.1) is 0 Å². The number of anilines is 1. The zero-order chi connectivity index (χ0) is 12.1. The van der Waals surface area contributed by atoms with Gasteiger partial charge in [0.1, 0.15) is 12.4 Å². The number of aliphatic hydroxyl groups is 1. The van der Waals surface area contributed by atoms with Crippen molar-refractivity contribution in [1.82, 2.24) is 0 Å². The molecule has 0 atom stereocenters. The lowest BCUT2D eigenvalue weighted by atomic mass is 10.2. The SMILES string of the molecule is Nc1ccc(OCc2ccccc2)c(CO)c1. The molecule has 3 nitrogen and oxygen atoms in total. The maximum atomic E-state index is 9.20. The van der Waals surface area contributed by atoms with E-state index < -0.39 is 0 Å². The molecule has 0 aliphatic heterocycles. The Morgan fingerprint density at radius 1 is 1.06 bits per heavy atom. The van der Waals surface area contributed by atoms with Crippen molar-refractivity contribution in [3.63, 3.8) is 0 Å². The van der Waals surface area contributed by atoms with Crippen LogP contribution in [0.1, 0.15) is 11.1 Å². The summed E-state index contributed by atoms with van der Waals surface area (Å²) in [7, 11) is 0. The molecule has 0 unspecified atom stereocenters. The number of benzene rings is 2. The summed E-state index contributed by atoms with van der Waals surface area (Å²) in [5.74, 6) is 0.672. The van der Waals surface area contributed by atoms with Gasteiger partial charge in [-0.15, -0.1) is 0 Å². The van der Waals surface area contributed by atoms with Gasteiger partial charge in [-0.2, -0.15) is 0 Å². The minimum Gasteiger partial charge on any atom is -0.489 e. The largest absolute Gasteiger partial charge is 0.489 e. The Labute approximate surface area is 100 Å². The second kappa shape index (κ2) is 5.37. The highest BCUT2D eigenvalue weighted by atomic mass is 16.5. The van der Waals surface area contributed by atoms with Crippen LogP contribution in [-0.4, -0.2) is 5.11 Å². The first kappa shape index (κ1) is 11.5. The Kier molecular flexibility index (Phi) is 3.62.